The van der Waals surface area contributed by atoms with Gasteiger partial charge in [-0.15, -0.1) is 0 Å². The fourth-order valence-corrected chi connectivity index (χ4v) is 2.26. The molecule has 0 aromatic heterocycles. The van der Waals surface area contributed by atoms with Crippen LogP contribution in [-0.4, -0.2) is 11.7 Å². The second kappa shape index (κ2) is 7.54. The summed E-state index contributed by atoms with van der Waals surface area (Å²) < 4.78 is 0. The average molecular weight is 263 g/mol. The third kappa shape index (κ3) is 4.54. The van der Waals surface area contributed by atoms with Gasteiger partial charge in [0.05, 0.1) is 0 Å². The summed E-state index contributed by atoms with van der Waals surface area (Å²) >= 11 is 0. The van der Waals surface area contributed by atoms with E-state index >= 15 is 0 Å². The maximum absolute atomic E-state index is 10.3. The van der Waals surface area contributed by atoms with E-state index in [0.717, 1.165) is 24.2 Å². The Morgan fingerprint density at radius 2 is 1.58 bits per heavy atom. The lowest BCUT2D eigenvalue weighted by Crippen LogP contribution is -2.15. The molecule has 0 heterocycles. The van der Waals surface area contributed by atoms with Gasteiger partial charge in [-0.1, -0.05) is 53.2 Å². The van der Waals surface area contributed by atoms with Crippen molar-refractivity contribution in [2.24, 2.45) is 0 Å². The third-order valence-corrected chi connectivity index (χ3v) is 3.51. The molecule has 0 radical (unpaired) electrons. The van der Waals surface area contributed by atoms with Crippen molar-refractivity contribution in [1.82, 2.24) is 5.32 Å². The maximum Gasteiger partial charge on any atom is 0.122 e. The number of aromatic hydroxyl groups is 1. The minimum atomic E-state index is 0.355. The van der Waals surface area contributed by atoms with E-state index in [1.54, 1.807) is 0 Å². The van der Waals surface area contributed by atoms with Crippen LogP contribution in [0.3, 0.4) is 0 Å². The first-order chi connectivity index (χ1) is 8.97. The molecule has 19 heavy (non-hydrogen) atoms. The number of rotatable bonds is 7. The molecule has 0 bridgehead atoms. The van der Waals surface area contributed by atoms with Crippen molar-refractivity contribution in [3.05, 3.63) is 28.8 Å². The number of hydrogen-bond donors (Lipinski definition) is 2. The van der Waals surface area contributed by atoms with Crippen molar-refractivity contribution in [3.63, 3.8) is 0 Å². The van der Waals surface area contributed by atoms with Crippen LogP contribution in [0.25, 0.3) is 0 Å². The van der Waals surface area contributed by atoms with Crippen LogP contribution in [-0.2, 0) is 6.54 Å². The van der Waals surface area contributed by atoms with Crippen molar-refractivity contribution in [1.29, 1.82) is 0 Å². The molecule has 0 aliphatic carbocycles. The molecule has 0 saturated carbocycles. The van der Waals surface area contributed by atoms with Crippen molar-refractivity contribution < 1.29 is 5.11 Å². The van der Waals surface area contributed by atoms with Gasteiger partial charge in [0, 0.05) is 6.54 Å². The van der Waals surface area contributed by atoms with E-state index in [4.69, 9.17) is 0 Å². The highest BCUT2D eigenvalue weighted by Crippen LogP contribution is 2.34. The molecule has 0 amide bonds. The highest BCUT2D eigenvalue weighted by atomic mass is 16.3. The zero-order valence-corrected chi connectivity index (χ0v) is 13.1. The van der Waals surface area contributed by atoms with Crippen LogP contribution in [0.15, 0.2) is 12.1 Å². The summed E-state index contributed by atoms with van der Waals surface area (Å²) in [6, 6.07) is 4.29. The predicted octanol–water partition coefficient (Wildman–Crippen LogP) is 4.53. The monoisotopic (exact) mass is 263 g/mol. The minimum Gasteiger partial charge on any atom is -0.507 e. The van der Waals surface area contributed by atoms with Crippen LogP contribution in [0, 0.1) is 0 Å². The molecule has 0 aliphatic rings. The molecule has 2 N–H and O–H groups in total. The number of unbranched alkanes of at least 4 members (excludes halogenated alkanes) is 1. The van der Waals surface area contributed by atoms with E-state index in [1.165, 1.54) is 18.4 Å². The van der Waals surface area contributed by atoms with Gasteiger partial charge in [0.15, 0.2) is 0 Å². The summed E-state index contributed by atoms with van der Waals surface area (Å²) in [4.78, 5) is 0. The van der Waals surface area contributed by atoms with Crippen LogP contribution >= 0.6 is 0 Å². The molecule has 2 nitrogen and oxygen atoms in total. The predicted molar refractivity (Wildman–Crippen MR) is 82.9 cm³/mol. The zero-order valence-electron chi connectivity index (χ0n) is 13.1. The molecular weight excluding hydrogens is 234 g/mol. The van der Waals surface area contributed by atoms with E-state index in [-0.39, 0.29) is 0 Å². The molecule has 1 aromatic rings. The topological polar surface area (TPSA) is 32.3 Å². The first-order valence-corrected chi connectivity index (χ1v) is 7.53. The SMILES string of the molecule is CCCCNCc1cc(C(C)C)c(O)c(C(C)C)c1. The molecule has 2 heteroatoms. The fraction of sp³-hybridized carbons (Fsp3) is 0.647. The molecule has 108 valence electrons. The van der Waals surface area contributed by atoms with Gasteiger partial charge in [-0.05, 0) is 41.5 Å². The molecule has 0 atom stereocenters. The van der Waals surface area contributed by atoms with Crippen molar-refractivity contribution in [2.45, 2.75) is 65.8 Å². The molecular formula is C17H29NO. The van der Waals surface area contributed by atoms with Crippen LogP contribution in [0.1, 0.15) is 76.0 Å². The summed E-state index contributed by atoms with van der Waals surface area (Å²) in [5.41, 5.74) is 3.42. The van der Waals surface area contributed by atoms with Gasteiger partial charge >= 0.3 is 0 Å². The minimum absolute atomic E-state index is 0.355. The Bertz CT molecular complexity index is 367. The highest BCUT2D eigenvalue weighted by molar-refractivity contribution is 5.46. The summed E-state index contributed by atoms with van der Waals surface area (Å²) in [6.45, 7) is 12.7. The lowest BCUT2D eigenvalue weighted by atomic mass is 9.91. The van der Waals surface area contributed by atoms with Gasteiger partial charge in [-0.25, -0.2) is 0 Å². The van der Waals surface area contributed by atoms with Gasteiger partial charge in [-0.3, -0.25) is 0 Å². The standard InChI is InChI=1S/C17H29NO/c1-6-7-8-18-11-14-9-15(12(2)3)17(19)16(10-14)13(4)5/h9-10,12-13,18-19H,6-8,11H2,1-5H3. The Morgan fingerprint density at radius 1 is 1.05 bits per heavy atom. The fourth-order valence-electron chi connectivity index (χ4n) is 2.26. The zero-order chi connectivity index (χ0) is 14.4. The summed E-state index contributed by atoms with van der Waals surface area (Å²) in [5, 5.41) is 13.8. The number of phenolic OH excluding ortho intramolecular Hbond substituents is 1. The Labute approximate surface area is 118 Å². The number of nitrogens with one attached hydrogen (secondary N) is 1. The van der Waals surface area contributed by atoms with Gasteiger partial charge < -0.3 is 10.4 Å². The van der Waals surface area contributed by atoms with Crippen LogP contribution in [0.4, 0.5) is 0 Å². The van der Waals surface area contributed by atoms with E-state index in [9.17, 15) is 5.11 Å². The second-order valence-corrected chi connectivity index (χ2v) is 5.96. The maximum atomic E-state index is 10.3. The third-order valence-electron chi connectivity index (χ3n) is 3.51. The van der Waals surface area contributed by atoms with Gasteiger partial charge in [0.2, 0.25) is 0 Å². The molecule has 0 spiro atoms. The van der Waals surface area contributed by atoms with Gasteiger partial charge in [-0.2, -0.15) is 0 Å². The Kier molecular flexibility index (Phi) is 6.36. The van der Waals surface area contributed by atoms with Crippen LogP contribution in [0.5, 0.6) is 5.75 Å². The number of benzene rings is 1. The van der Waals surface area contributed by atoms with Crippen molar-refractivity contribution in [3.8, 4) is 5.75 Å². The Morgan fingerprint density at radius 3 is 2.00 bits per heavy atom. The second-order valence-electron chi connectivity index (χ2n) is 5.96. The molecule has 1 rings (SSSR count). The average Bonchev–Trinajstić information content (AvgIpc) is 2.35. The van der Waals surface area contributed by atoms with E-state index < -0.39 is 0 Å². The highest BCUT2D eigenvalue weighted by Gasteiger charge is 2.14. The van der Waals surface area contributed by atoms with Crippen LogP contribution in [0.2, 0.25) is 0 Å². The lowest BCUT2D eigenvalue weighted by molar-refractivity contribution is 0.454. The molecule has 0 fully saturated rings. The lowest BCUT2D eigenvalue weighted by Gasteiger charge is -2.17. The Balaban J connectivity index is 2.92. The van der Waals surface area contributed by atoms with Crippen molar-refractivity contribution in [2.75, 3.05) is 6.54 Å². The summed E-state index contributed by atoms with van der Waals surface area (Å²) in [5.74, 6) is 1.20. The van der Waals surface area contributed by atoms with Gasteiger partial charge in [0.25, 0.3) is 0 Å². The summed E-state index contributed by atoms with van der Waals surface area (Å²) in [7, 11) is 0. The quantitative estimate of drug-likeness (QED) is 0.708. The molecule has 1 aromatic carbocycles. The number of hydrogen-bond acceptors (Lipinski definition) is 2. The first-order valence-electron chi connectivity index (χ1n) is 7.53. The Hall–Kier alpha value is -1.02. The summed E-state index contributed by atoms with van der Waals surface area (Å²) in [6.07, 6.45) is 2.43. The largest absolute Gasteiger partial charge is 0.507 e. The van der Waals surface area contributed by atoms with Gasteiger partial charge in [0.1, 0.15) is 5.75 Å². The molecule has 0 saturated heterocycles. The normalized spacial score (nSPS) is 11.5. The van der Waals surface area contributed by atoms with E-state index in [1.807, 2.05) is 0 Å². The van der Waals surface area contributed by atoms with Crippen molar-refractivity contribution >= 4 is 0 Å². The number of phenols is 1. The first kappa shape index (κ1) is 16.0. The molecule has 0 unspecified atom stereocenters. The van der Waals surface area contributed by atoms with E-state index in [2.05, 4.69) is 52.1 Å². The smallest absolute Gasteiger partial charge is 0.122 e. The van der Waals surface area contributed by atoms with E-state index in [0.29, 0.717) is 17.6 Å². The molecule has 0 aliphatic heterocycles. The van der Waals surface area contributed by atoms with Crippen LogP contribution < -0.4 is 5.32 Å².